The number of likely N-dealkylation sites (tertiary alicyclic amines) is 1. The average Bonchev–Trinajstić information content (AvgIpc) is 3.37. The maximum Gasteiger partial charge on any atom is 0.200 e. The summed E-state index contributed by atoms with van der Waals surface area (Å²) in [5.74, 6) is 1.03. The third-order valence-corrected chi connectivity index (χ3v) is 8.26. The molecule has 0 unspecified atom stereocenters. The monoisotopic (exact) mass is 450 g/mol. The van der Waals surface area contributed by atoms with E-state index in [0.29, 0.717) is 6.04 Å². The van der Waals surface area contributed by atoms with Crippen LogP contribution in [0.4, 0.5) is 0 Å². The molecule has 0 bridgehead atoms. The van der Waals surface area contributed by atoms with Gasteiger partial charge in [-0.05, 0) is 42.5 Å². The first-order valence-corrected chi connectivity index (χ1v) is 12.7. The number of benzene rings is 2. The zero-order valence-electron chi connectivity index (χ0n) is 19.4. The summed E-state index contributed by atoms with van der Waals surface area (Å²) in [6.45, 7) is 2.06. The molecule has 4 heterocycles. The fourth-order valence-corrected chi connectivity index (χ4v) is 6.56. The molecule has 1 saturated heterocycles. The summed E-state index contributed by atoms with van der Waals surface area (Å²) < 4.78 is 6.84. The van der Waals surface area contributed by atoms with Crippen LogP contribution in [0, 0.1) is 0 Å². The standard InChI is InChI=1S/C29H30N4O/c1-2-10-23-21(7-1)8-5-12-26(23)32-17-14-29(15-18-32)33-27(24-11-3-4-13-28(24)34-29)19-25(31-33)22-9-6-16-30-20-22/h1-4,6-7,9-11,13,16,20,26-27H,5,8,12,14-15,17-19H2/t26-,27+/m0/s1. The van der Waals surface area contributed by atoms with E-state index >= 15 is 0 Å². The number of para-hydroxylation sites is 1. The van der Waals surface area contributed by atoms with Crippen molar-refractivity contribution in [2.75, 3.05) is 13.1 Å². The Morgan fingerprint density at radius 2 is 1.71 bits per heavy atom. The van der Waals surface area contributed by atoms with Crippen LogP contribution in [0.2, 0.25) is 0 Å². The third-order valence-electron chi connectivity index (χ3n) is 8.26. The van der Waals surface area contributed by atoms with Gasteiger partial charge >= 0.3 is 0 Å². The molecule has 5 heteroatoms. The van der Waals surface area contributed by atoms with Gasteiger partial charge in [0.25, 0.3) is 0 Å². The zero-order chi connectivity index (χ0) is 22.5. The van der Waals surface area contributed by atoms with Crippen LogP contribution in [0.1, 0.15) is 66.4 Å². The summed E-state index contributed by atoms with van der Waals surface area (Å²) >= 11 is 0. The summed E-state index contributed by atoms with van der Waals surface area (Å²) in [6, 6.07) is 22.5. The van der Waals surface area contributed by atoms with Crippen molar-refractivity contribution in [3.05, 3.63) is 95.3 Å². The molecule has 0 N–H and O–H groups in total. The molecule has 1 fully saturated rings. The van der Waals surface area contributed by atoms with E-state index in [9.17, 15) is 0 Å². The van der Waals surface area contributed by atoms with Crippen molar-refractivity contribution in [1.82, 2.24) is 14.9 Å². The Kier molecular flexibility index (Phi) is 4.73. The maximum absolute atomic E-state index is 6.84. The van der Waals surface area contributed by atoms with Gasteiger partial charge in [0.2, 0.25) is 5.72 Å². The molecule has 0 saturated carbocycles. The second-order valence-electron chi connectivity index (χ2n) is 10.1. The van der Waals surface area contributed by atoms with Crippen LogP contribution < -0.4 is 4.74 Å². The molecule has 0 radical (unpaired) electrons. The Hall–Kier alpha value is -3.18. The van der Waals surface area contributed by atoms with Gasteiger partial charge in [-0.2, -0.15) is 5.10 Å². The Morgan fingerprint density at radius 3 is 2.56 bits per heavy atom. The van der Waals surface area contributed by atoms with Crippen LogP contribution >= 0.6 is 0 Å². The lowest BCUT2D eigenvalue weighted by molar-refractivity contribution is -0.153. The Balaban J connectivity index is 1.20. The van der Waals surface area contributed by atoms with Crippen molar-refractivity contribution in [2.45, 2.75) is 56.3 Å². The second-order valence-corrected chi connectivity index (χ2v) is 10.1. The zero-order valence-corrected chi connectivity index (χ0v) is 19.4. The molecule has 1 aliphatic carbocycles. The van der Waals surface area contributed by atoms with Crippen molar-refractivity contribution in [2.24, 2.45) is 5.10 Å². The van der Waals surface area contributed by atoms with Crippen molar-refractivity contribution in [3.63, 3.8) is 0 Å². The van der Waals surface area contributed by atoms with Crippen molar-refractivity contribution in [1.29, 1.82) is 0 Å². The van der Waals surface area contributed by atoms with Gasteiger partial charge in [0, 0.05) is 61.9 Å². The topological polar surface area (TPSA) is 41.0 Å². The minimum absolute atomic E-state index is 0.224. The Bertz CT molecular complexity index is 1230. The molecule has 2 atom stereocenters. The maximum atomic E-state index is 6.84. The summed E-state index contributed by atoms with van der Waals surface area (Å²) in [7, 11) is 0. The van der Waals surface area contributed by atoms with Crippen molar-refractivity contribution >= 4 is 5.71 Å². The normalized spacial score (nSPS) is 25.2. The van der Waals surface area contributed by atoms with Gasteiger partial charge in [0.15, 0.2) is 0 Å². The molecular weight excluding hydrogens is 420 g/mol. The molecular formula is C29H30N4O. The average molecular weight is 451 g/mol. The van der Waals surface area contributed by atoms with Crippen LogP contribution in [0.15, 0.2) is 78.2 Å². The fourth-order valence-electron chi connectivity index (χ4n) is 6.56. The first-order chi connectivity index (χ1) is 16.8. The van der Waals surface area contributed by atoms with E-state index in [0.717, 1.165) is 49.4 Å². The molecule has 3 aromatic rings. The number of aryl methyl sites for hydroxylation is 1. The van der Waals surface area contributed by atoms with Crippen LogP contribution in [0.5, 0.6) is 5.75 Å². The van der Waals surface area contributed by atoms with E-state index in [1.807, 2.05) is 18.5 Å². The molecule has 1 spiro atoms. The van der Waals surface area contributed by atoms with Gasteiger partial charge in [-0.1, -0.05) is 48.5 Å². The van der Waals surface area contributed by atoms with Gasteiger partial charge in [-0.3, -0.25) is 9.88 Å². The molecule has 1 aromatic heterocycles. The minimum Gasteiger partial charge on any atom is -0.466 e. The molecule has 172 valence electrons. The minimum atomic E-state index is -0.381. The van der Waals surface area contributed by atoms with E-state index < -0.39 is 0 Å². The smallest absolute Gasteiger partial charge is 0.200 e. The number of pyridine rings is 1. The van der Waals surface area contributed by atoms with Crippen molar-refractivity contribution < 1.29 is 4.74 Å². The highest BCUT2D eigenvalue weighted by Crippen LogP contribution is 2.50. The van der Waals surface area contributed by atoms with Gasteiger partial charge in [-0.25, -0.2) is 5.01 Å². The predicted molar refractivity (Wildman–Crippen MR) is 133 cm³/mol. The number of hydrogen-bond acceptors (Lipinski definition) is 5. The van der Waals surface area contributed by atoms with E-state index in [4.69, 9.17) is 9.84 Å². The van der Waals surface area contributed by atoms with Crippen LogP contribution in [0.3, 0.4) is 0 Å². The van der Waals surface area contributed by atoms with Gasteiger partial charge < -0.3 is 4.74 Å². The molecule has 7 rings (SSSR count). The number of aromatic nitrogens is 1. The number of nitrogens with zero attached hydrogens (tertiary/aromatic N) is 4. The van der Waals surface area contributed by atoms with Crippen LogP contribution in [-0.4, -0.2) is 39.4 Å². The first kappa shape index (κ1) is 20.2. The number of ether oxygens (including phenoxy) is 1. The van der Waals surface area contributed by atoms with Gasteiger partial charge in [-0.15, -0.1) is 0 Å². The third kappa shape index (κ3) is 3.17. The highest BCUT2D eigenvalue weighted by molar-refractivity contribution is 6.01. The highest BCUT2D eigenvalue weighted by Gasteiger charge is 2.52. The SMILES string of the molecule is c1cncc(C2=NN3[C@H](C2)c2ccccc2OC32CCN([C@H]3CCCc4ccccc43)CC2)c1. The van der Waals surface area contributed by atoms with Gasteiger partial charge in [0.05, 0.1) is 11.8 Å². The van der Waals surface area contributed by atoms with Crippen molar-refractivity contribution in [3.8, 4) is 5.75 Å². The number of piperidine rings is 1. The summed E-state index contributed by atoms with van der Waals surface area (Å²) in [6.07, 6.45) is 10.3. The van der Waals surface area contributed by atoms with E-state index in [1.165, 1.54) is 36.0 Å². The van der Waals surface area contributed by atoms with E-state index in [1.54, 1.807) is 0 Å². The van der Waals surface area contributed by atoms with Gasteiger partial charge in [0.1, 0.15) is 5.75 Å². The fraction of sp³-hybridized carbons (Fsp3) is 0.379. The predicted octanol–water partition coefficient (Wildman–Crippen LogP) is 5.49. The summed E-state index contributed by atoms with van der Waals surface area (Å²) in [5.41, 5.74) is 6.16. The number of hydrogen-bond donors (Lipinski definition) is 0. The molecule has 34 heavy (non-hydrogen) atoms. The molecule has 3 aliphatic heterocycles. The van der Waals surface area contributed by atoms with Crippen LogP contribution in [0.25, 0.3) is 0 Å². The summed E-state index contributed by atoms with van der Waals surface area (Å²) in [5, 5.41) is 7.51. The lowest BCUT2D eigenvalue weighted by Crippen LogP contribution is -2.59. The number of hydrazone groups is 1. The molecule has 5 nitrogen and oxygen atoms in total. The molecule has 0 amide bonds. The lowest BCUT2D eigenvalue weighted by atomic mass is 9.84. The first-order valence-electron chi connectivity index (χ1n) is 12.7. The quantitative estimate of drug-likeness (QED) is 0.517. The lowest BCUT2D eigenvalue weighted by Gasteiger charge is -2.52. The number of fused-ring (bicyclic) bond motifs is 5. The van der Waals surface area contributed by atoms with E-state index in [2.05, 4.69) is 69.5 Å². The summed E-state index contributed by atoms with van der Waals surface area (Å²) in [4.78, 5) is 7.04. The Labute approximate surface area is 201 Å². The number of rotatable bonds is 2. The second kappa shape index (κ2) is 7.95. The largest absolute Gasteiger partial charge is 0.466 e. The molecule has 4 aliphatic rings. The highest BCUT2D eigenvalue weighted by atomic mass is 16.5. The van der Waals surface area contributed by atoms with E-state index in [-0.39, 0.29) is 11.8 Å². The van der Waals surface area contributed by atoms with Crippen LogP contribution in [-0.2, 0) is 6.42 Å². The molecule has 2 aromatic carbocycles. The Morgan fingerprint density at radius 1 is 0.882 bits per heavy atom.